The van der Waals surface area contributed by atoms with Gasteiger partial charge in [0.25, 0.3) is 0 Å². The van der Waals surface area contributed by atoms with Gasteiger partial charge in [0.1, 0.15) is 10.8 Å². The number of carbonyl (C=O) groups is 1. The van der Waals surface area contributed by atoms with Gasteiger partial charge < -0.3 is 9.47 Å². The number of nitro benzene ring substituents is 1. The number of aryl methyl sites for hydroxylation is 1. The molecule has 0 aliphatic heterocycles. The minimum atomic E-state index is -0.799. The minimum absolute atomic E-state index is 0.144. The highest BCUT2D eigenvalue weighted by molar-refractivity contribution is 6.30. The van der Waals surface area contributed by atoms with E-state index in [1.165, 1.54) is 4.68 Å². The molecule has 1 aromatic heterocycles. The van der Waals surface area contributed by atoms with Crippen molar-refractivity contribution < 1.29 is 23.6 Å². The molecule has 0 saturated heterocycles. The molecular formula is C19H21ClFN3O5. The fourth-order valence-corrected chi connectivity index (χ4v) is 3.47. The van der Waals surface area contributed by atoms with Gasteiger partial charge in [0.2, 0.25) is 5.75 Å². The first kappa shape index (κ1) is 21.0. The third-order valence-corrected chi connectivity index (χ3v) is 5.04. The molecule has 0 saturated carbocycles. The first-order chi connectivity index (χ1) is 13.9. The van der Waals surface area contributed by atoms with Crippen molar-refractivity contribution in [2.75, 3.05) is 13.2 Å². The fraction of sp³-hybridized carbons (Fsp3) is 0.474. The van der Waals surface area contributed by atoms with E-state index < -0.39 is 29.0 Å². The topological polar surface area (TPSA) is 96.5 Å². The lowest BCUT2D eigenvalue weighted by Gasteiger charge is -2.10. The van der Waals surface area contributed by atoms with Gasteiger partial charge in [-0.05, 0) is 32.1 Å². The number of nitro groups is 1. The molecule has 8 nitrogen and oxygen atoms in total. The lowest BCUT2D eigenvalue weighted by molar-refractivity contribution is -0.385. The minimum Gasteiger partial charge on any atom is -0.475 e. The number of benzene rings is 1. The van der Waals surface area contributed by atoms with Crippen molar-refractivity contribution >= 4 is 23.3 Å². The Balaban J connectivity index is 1.86. The van der Waals surface area contributed by atoms with Crippen LogP contribution >= 0.6 is 11.6 Å². The van der Waals surface area contributed by atoms with Crippen LogP contribution in [0.4, 0.5) is 10.1 Å². The van der Waals surface area contributed by atoms with E-state index in [9.17, 15) is 19.3 Å². The van der Waals surface area contributed by atoms with Crippen molar-refractivity contribution in [1.82, 2.24) is 9.78 Å². The number of halogens is 2. The van der Waals surface area contributed by atoms with Crippen LogP contribution in [0.3, 0.4) is 0 Å². The van der Waals surface area contributed by atoms with E-state index in [2.05, 4.69) is 5.10 Å². The summed E-state index contributed by atoms with van der Waals surface area (Å²) in [5.74, 6) is -1.84. The maximum atomic E-state index is 14.8. The third-order valence-electron chi connectivity index (χ3n) is 4.65. The number of esters is 1. The molecule has 0 atom stereocenters. The van der Waals surface area contributed by atoms with Crippen LogP contribution in [-0.4, -0.2) is 33.9 Å². The van der Waals surface area contributed by atoms with Gasteiger partial charge in [-0.15, -0.1) is 0 Å². The molecule has 1 aromatic carbocycles. The molecule has 1 aliphatic carbocycles. The number of unbranched alkanes of at least 4 members (excludes halogenated alkanes) is 1. The summed E-state index contributed by atoms with van der Waals surface area (Å²) in [7, 11) is 0. The molecule has 0 spiro atoms. The normalized spacial score (nSPS) is 13.1. The highest BCUT2D eigenvalue weighted by Crippen LogP contribution is 2.35. The van der Waals surface area contributed by atoms with E-state index in [0.29, 0.717) is 6.42 Å². The lowest BCUT2D eigenvalue weighted by Crippen LogP contribution is -2.16. The Morgan fingerprint density at radius 1 is 1.38 bits per heavy atom. The van der Waals surface area contributed by atoms with Gasteiger partial charge in [-0.2, -0.15) is 5.10 Å². The van der Waals surface area contributed by atoms with Crippen LogP contribution in [0.5, 0.6) is 5.75 Å². The summed E-state index contributed by atoms with van der Waals surface area (Å²) in [6.07, 6.45) is 4.94. The maximum Gasteiger partial charge on any atom is 0.344 e. The van der Waals surface area contributed by atoms with Crippen LogP contribution in [0.2, 0.25) is 5.15 Å². The molecule has 1 aliphatic rings. The van der Waals surface area contributed by atoms with Crippen LogP contribution in [0.25, 0.3) is 5.69 Å². The summed E-state index contributed by atoms with van der Waals surface area (Å²) in [6, 6.07) is 1.88. The van der Waals surface area contributed by atoms with E-state index in [4.69, 9.17) is 21.1 Å². The molecule has 2 aromatic rings. The van der Waals surface area contributed by atoms with Crippen LogP contribution in [0, 0.1) is 15.9 Å². The average molecular weight is 426 g/mol. The van der Waals surface area contributed by atoms with Gasteiger partial charge in [0.15, 0.2) is 12.4 Å². The largest absolute Gasteiger partial charge is 0.475 e. The summed E-state index contributed by atoms with van der Waals surface area (Å²) in [5.41, 5.74) is 0.981. The molecule has 0 amide bonds. The Kier molecular flexibility index (Phi) is 6.68. The van der Waals surface area contributed by atoms with Crippen molar-refractivity contribution in [3.05, 3.63) is 44.5 Å². The standard InChI is InChI=1S/C19H21ClFN3O5/c1-2-3-8-28-18(25)11-29-17-9-13(21)15(10-16(17)24(26)27)23-19(20)12-6-4-5-7-14(12)22-23/h9-10H,2-8,11H2,1H3. The van der Waals surface area contributed by atoms with Gasteiger partial charge in [0, 0.05) is 17.7 Å². The second kappa shape index (κ2) is 9.21. The van der Waals surface area contributed by atoms with Crippen LogP contribution < -0.4 is 4.74 Å². The SMILES string of the molecule is CCCCOC(=O)COc1cc(F)c(-n2nc3c(c2Cl)CCCC3)cc1[N+](=O)[O-]. The van der Waals surface area contributed by atoms with Crippen molar-refractivity contribution in [1.29, 1.82) is 0 Å². The monoisotopic (exact) mass is 425 g/mol. The summed E-state index contributed by atoms with van der Waals surface area (Å²) in [5, 5.41) is 16.1. The van der Waals surface area contributed by atoms with E-state index >= 15 is 0 Å². The zero-order valence-electron chi connectivity index (χ0n) is 16.0. The van der Waals surface area contributed by atoms with Crippen molar-refractivity contribution in [3.8, 4) is 11.4 Å². The predicted octanol–water partition coefficient (Wildman–Crippen LogP) is 4.17. The van der Waals surface area contributed by atoms with Gasteiger partial charge in [-0.25, -0.2) is 13.9 Å². The molecular weight excluding hydrogens is 405 g/mol. The molecule has 0 radical (unpaired) electrons. The Morgan fingerprint density at radius 2 is 2.14 bits per heavy atom. The highest BCUT2D eigenvalue weighted by atomic mass is 35.5. The summed E-state index contributed by atoms with van der Waals surface area (Å²) in [6.45, 7) is 1.62. The molecule has 1 heterocycles. The smallest absolute Gasteiger partial charge is 0.344 e. The van der Waals surface area contributed by atoms with Gasteiger partial charge in [-0.1, -0.05) is 24.9 Å². The van der Waals surface area contributed by atoms with Gasteiger partial charge in [0.05, 0.1) is 17.2 Å². The molecule has 3 rings (SSSR count). The molecule has 29 heavy (non-hydrogen) atoms. The number of hydrogen-bond acceptors (Lipinski definition) is 6. The summed E-state index contributed by atoms with van der Waals surface area (Å²) in [4.78, 5) is 22.4. The number of ether oxygens (including phenoxy) is 2. The Bertz CT molecular complexity index is 931. The first-order valence-electron chi connectivity index (χ1n) is 9.45. The van der Waals surface area contributed by atoms with Gasteiger partial charge in [-0.3, -0.25) is 10.1 Å². The highest BCUT2D eigenvalue weighted by Gasteiger charge is 2.26. The van der Waals surface area contributed by atoms with E-state index in [-0.39, 0.29) is 23.2 Å². The lowest BCUT2D eigenvalue weighted by atomic mass is 9.99. The Hall–Kier alpha value is -2.68. The third kappa shape index (κ3) is 4.67. The van der Waals surface area contributed by atoms with E-state index in [1.807, 2.05) is 6.92 Å². The number of nitrogens with zero attached hydrogens (tertiary/aromatic N) is 3. The van der Waals surface area contributed by atoms with Crippen LogP contribution in [-0.2, 0) is 22.4 Å². The first-order valence-corrected chi connectivity index (χ1v) is 9.83. The number of hydrogen-bond donors (Lipinski definition) is 0. The summed E-state index contributed by atoms with van der Waals surface area (Å²) < 4.78 is 26.0. The fourth-order valence-electron chi connectivity index (χ4n) is 3.14. The predicted molar refractivity (Wildman–Crippen MR) is 103 cm³/mol. The van der Waals surface area contributed by atoms with Crippen molar-refractivity contribution in [2.45, 2.75) is 45.4 Å². The van der Waals surface area contributed by atoms with E-state index in [1.54, 1.807) is 0 Å². The number of rotatable bonds is 8. The molecule has 0 N–H and O–H groups in total. The number of carbonyl (C=O) groups excluding carboxylic acids is 1. The van der Waals surface area contributed by atoms with Crippen molar-refractivity contribution in [2.24, 2.45) is 0 Å². The van der Waals surface area contributed by atoms with Crippen LogP contribution in [0.15, 0.2) is 12.1 Å². The maximum absolute atomic E-state index is 14.8. The molecule has 0 bridgehead atoms. The average Bonchev–Trinajstić information content (AvgIpc) is 3.03. The second-order valence-electron chi connectivity index (χ2n) is 6.73. The zero-order valence-corrected chi connectivity index (χ0v) is 16.7. The number of fused-ring (bicyclic) bond motifs is 1. The molecule has 0 unspecified atom stereocenters. The Morgan fingerprint density at radius 3 is 2.83 bits per heavy atom. The van der Waals surface area contributed by atoms with Crippen LogP contribution in [0.1, 0.15) is 43.9 Å². The Labute approximate surface area is 171 Å². The van der Waals surface area contributed by atoms with E-state index in [0.717, 1.165) is 55.5 Å². The van der Waals surface area contributed by atoms with Crippen molar-refractivity contribution in [3.63, 3.8) is 0 Å². The van der Waals surface area contributed by atoms with Gasteiger partial charge >= 0.3 is 11.7 Å². The molecule has 156 valence electrons. The number of aromatic nitrogens is 2. The summed E-state index contributed by atoms with van der Waals surface area (Å²) >= 11 is 6.36. The second-order valence-corrected chi connectivity index (χ2v) is 7.08. The molecule has 0 fully saturated rings. The zero-order chi connectivity index (χ0) is 21.0. The quantitative estimate of drug-likeness (QED) is 0.272. The molecule has 10 heteroatoms.